The number of benzene rings is 2. The molecule has 0 saturated carbocycles. The summed E-state index contributed by atoms with van der Waals surface area (Å²) in [5.41, 5.74) is -0.0212. The standard InChI is InChI=1S/C19H15FO4/c1-19(2)8-7-10-13(24-19)9-14(22-3)15-16(21)11-5-4-6-12(20)17(11)23-18(10)15/h4-9H,1-3H3. The van der Waals surface area contributed by atoms with E-state index in [4.69, 9.17) is 13.9 Å². The number of methoxy groups -OCH3 is 1. The second kappa shape index (κ2) is 4.84. The summed E-state index contributed by atoms with van der Waals surface area (Å²) in [7, 11) is 1.47. The van der Waals surface area contributed by atoms with Crippen LogP contribution in [0.3, 0.4) is 0 Å². The largest absolute Gasteiger partial charge is 0.496 e. The fourth-order valence-corrected chi connectivity index (χ4v) is 2.98. The molecule has 4 nitrogen and oxygen atoms in total. The van der Waals surface area contributed by atoms with Crippen LogP contribution in [-0.2, 0) is 0 Å². The van der Waals surface area contributed by atoms with Gasteiger partial charge in [-0.3, -0.25) is 4.79 Å². The van der Waals surface area contributed by atoms with Crippen molar-refractivity contribution in [2.75, 3.05) is 7.11 Å². The number of para-hydroxylation sites is 1. The molecule has 1 aliphatic heterocycles. The van der Waals surface area contributed by atoms with E-state index in [0.29, 0.717) is 17.1 Å². The van der Waals surface area contributed by atoms with E-state index in [1.54, 1.807) is 6.07 Å². The van der Waals surface area contributed by atoms with Gasteiger partial charge in [-0.25, -0.2) is 4.39 Å². The number of hydrogen-bond donors (Lipinski definition) is 0. The lowest BCUT2D eigenvalue weighted by atomic mass is 9.99. The fourth-order valence-electron chi connectivity index (χ4n) is 2.98. The Bertz CT molecular complexity index is 1080. The molecule has 5 heteroatoms. The van der Waals surface area contributed by atoms with E-state index in [9.17, 15) is 9.18 Å². The van der Waals surface area contributed by atoms with Gasteiger partial charge in [0.25, 0.3) is 0 Å². The van der Waals surface area contributed by atoms with Crippen molar-refractivity contribution in [3.63, 3.8) is 0 Å². The second-order valence-corrected chi connectivity index (χ2v) is 6.28. The molecule has 1 aromatic heterocycles. The summed E-state index contributed by atoms with van der Waals surface area (Å²) in [6.07, 6.45) is 3.70. The first kappa shape index (κ1) is 14.8. The summed E-state index contributed by atoms with van der Waals surface area (Å²) in [6.45, 7) is 3.83. The molecular formula is C19H15FO4. The van der Waals surface area contributed by atoms with Crippen molar-refractivity contribution in [3.05, 3.63) is 51.9 Å². The Morgan fingerprint density at radius 3 is 2.75 bits per heavy atom. The molecule has 1 aliphatic rings. The van der Waals surface area contributed by atoms with E-state index < -0.39 is 11.4 Å². The molecule has 0 saturated heterocycles. The quantitative estimate of drug-likeness (QED) is 0.626. The van der Waals surface area contributed by atoms with Crippen molar-refractivity contribution < 1.29 is 18.3 Å². The van der Waals surface area contributed by atoms with Crippen LogP contribution in [0.25, 0.3) is 28.0 Å². The van der Waals surface area contributed by atoms with E-state index in [0.717, 1.165) is 0 Å². The number of hydrogen-bond acceptors (Lipinski definition) is 4. The van der Waals surface area contributed by atoms with E-state index in [1.807, 2.05) is 26.0 Å². The van der Waals surface area contributed by atoms with Gasteiger partial charge in [0.1, 0.15) is 22.5 Å². The lowest BCUT2D eigenvalue weighted by Crippen LogP contribution is -2.27. The number of fused-ring (bicyclic) bond motifs is 4. The molecule has 0 amide bonds. The van der Waals surface area contributed by atoms with Gasteiger partial charge < -0.3 is 13.9 Å². The van der Waals surface area contributed by atoms with E-state index in [2.05, 4.69) is 0 Å². The van der Waals surface area contributed by atoms with Crippen molar-refractivity contribution in [2.24, 2.45) is 0 Å². The van der Waals surface area contributed by atoms with Crippen LogP contribution in [0.1, 0.15) is 19.4 Å². The van der Waals surface area contributed by atoms with E-state index >= 15 is 0 Å². The normalized spacial score (nSPS) is 15.3. The molecule has 2 aromatic carbocycles. The molecule has 24 heavy (non-hydrogen) atoms. The van der Waals surface area contributed by atoms with Gasteiger partial charge in [-0.1, -0.05) is 6.07 Å². The minimum Gasteiger partial charge on any atom is -0.496 e. The van der Waals surface area contributed by atoms with Gasteiger partial charge >= 0.3 is 0 Å². The second-order valence-electron chi connectivity index (χ2n) is 6.28. The summed E-state index contributed by atoms with van der Waals surface area (Å²) < 4.78 is 31.2. The van der Waals surface area contributed by atoms with Gasteiger partial charge in [-0.05, 0) is 38.1 Å². The molecule has 0 unspecified atom stereocenters. The maximum absolute atomic E-state index is 14.1. The minimum atomic E-state index is -0.580. The van der Waals surface area contributed by atoms with Gasteiger partial charge in [0.2, 0.25) is 5.43 Å². The Balaban J connectivity index is 2.22. The Labute approximate surface area is 137 Å². The van der Waals surface area contributed by atoms with Gasteiger partial charge in [-0.2, -0.15) is 0 Å². The van der Waals surface area contributed by atoms with Crippen molar-refractivity contribution in [2.45, 2.75) is 19.4 Å². The highest BCUT2D eigenvalue weighted by atomic mass is 19.1. The Morgan fingerprint density at radius 2 is 2.00 bits per heavy atom. The predicted octanol–water partition coefficient (Wildman–Crippen LogP) is 4.28. The van der Waals surface area contributed by atoms with Crippen LogP contribution in [-0.4, -0.2) is 12.7 Å². The van der Waals surface area contributed by atoms with Gasteiger partial charge in [0, 0.05) is 6.07 Å². The summed E-state index contributed by atoms with van der Waals surface area (Å²) in [4.78, 5) is 12.9. The lowest BCUT2D eigenvalue weighted by molar-refractivity contribution is 0.158. The van der Waals surface area contributed by atoms with Crippen LogP contribution in [0, 0.1) is 5.82 Å². The highest BCUT2D eigenvalue weighted by Crippen LogP contribution is 2.40. The van der Waals surface area contributed by atoms with Crippen molar-refractivity contribution >= 4 is 28.0 Å². The zero-order valence-electron chi connectivity index (χ0n) is 13.5. The van der Waals surface area contributed by atoms with E-state index in [-0.39, 0.29) is 27.4 Å². The zero-order chi connectivity index (χ0) is 17.1. The van der Waals surface area contributed by atoms with Crippen LogP contribution >= 0.6 is 0 Å². The van der Waals surface area contributed by atoms with Crippen molar-refractivity contribution in [1.82, 2.24) is 0 Å². The third kappa shape index (κ3) is 2.01. The maximum Gasteiger partial charge on any atom is 0.204 e. The van der Waals surface area contributed by atoms with Crippen LogP contribution in [0.4, 0.5) is 4.39 Å². The maximum atomic E-state index is 14.1. The van der Waals surface area contributed by atoms with E-state index in [1.165, 1.54) is 25.3 Å². The lowest BCUT2D eigenvalue weighted by Gasteiger charge is -2.28. The first-order valence-corrected chi connectivity index (χ1v) is 7.55. The molecule has 0 spiro atoms. The van der Waals surface area contributed by atoms with Crippen molar-refractivity contribution in [3.8, 4) is 11.5 Å². The Morgan fingerprint density at radius 1 is 1.21 bits per heavy atom. The van der Waals surface area contributed by atoms with Crippen LogP contribution in [0.15, 0.2) is 39.6 Å². The molecule has 0 N–H and O–H groups in total. The molecule has 0 aliphatic carbocycles. The van der Waals surface area contributed by atoms with Gasteiger partial charge in [0.05, 0.1) is 18.1 Å². The van der Waals surface area contributed by atoms with Gasteiger partial charge in [0.15, 0.2) is 17.0 Å². The first-order chi connectivity index (χ1) is 11.4. The Kier molecular flexibility index (Phi) is 2.97. The number of rotatable bonds is 1. The summed E-state index contributed by atoms with van der Waals surface area (Å²) in [6, 6.07) is 5.96. The summed E-state index contributed by atoms with van der Waals surface area (Å²) in [5.74, 6) is 0.296. The smallest absolute Gasteiger partial charge is 0.204 e. The van der Waals surface area contributed by atoms with Crippen LogP contribution < -0.4 is 14.9 Å². The fraction of sp³-hybridized carbons (Fsp3) is 0.211. The average molecular weight is 326 g/mol. The molecule has 122 valence electrons. The molecule has 3 aromatic rings. The Hall–Kier alpha value is -2.82. The third-order valence-electron chi connectivity index (χ3n) is 4.13. The number of halogens is 1. The third-order valence-corrected chi connectivity index (χ3v) is 4.13. The molecule has 2 heterocycles. The zero-order valence-corrected chi connectivity index (χ0v) is 13.5. The van der Waals surface area contributed by atoms with Crippen LogP contribution in [0.2, 0.25) is 0 Å². The minimum absolute atomic E-state index is 0.0660. The molecule has 0 radical (unpaired) electrons. The molecule has 0 atom stereocenters. The molecular weight excluding hydrogens is 311 g/mol. The highest BCUT2D eigenvalue weighted by molar-refractivity contribution is 5.99. The topological polar surface area (TPSA) is 48.7 Å². The van der Waals surface area contributed by atoms with Gasteiger partial charge in [-0.15, -0.1) is 0 Å². The molecule has 4 rings (SSSR count). The average Bonchev–Trinajstić information content (AvgIpc) is 2.54. The SMILES string of the molecule is COc1cc2c(c3oc4c(F)cccc4c(=O)c13)C=CC(C)(C)O2. The summed E-state index contributed by atoms with van der Waals surface area (Å²) in [5, 5.41) is 0.462. The van der Waals surface area contributed by atoms with Crippen molar-refractivity contribution in [1.29, 1.82) is 0 Å². The monoisotopic (exact) mass is 326 g/mol. The molecule has 0 bridgehead atoms. The summed E-state index contributed by atoms with van der Waals surface area (Å²) >= 11 is 0. The highest BCUT2D eigenvalue weighted by Gasteiger charge is 2.27. The van der Waals surface area contributed by atoms with Crippen LogP contribution in [0.5, 0.6) is 11.5 Å². The first-order valence-electron chi connectivity index (χ1n) is 7.55. The molecule has 0 fully saturated rings. The number of ether oxygens (including phenoxy) is 2. The predicted molar refractivity (Wildman–Crippen MR) is 90.2 cm³/mol.